The molecule has 2 aromatic carbocycles. The van der Waals surface area contributed by atoms with Gasteiger partial charge in [-0.05, 0) is 29.9 Å². The van der Waals surface area contributed by atoms with E-state index in [2.05, 4.69) is 32.5 Å². The lowest BCUT2D eigenvalue weighted by Gasteiger charge is -2.31. The van der Waals surface area contributed by atoms with Gasteiger partial charge in [0.1, 0.15) is 5.75 Å². The highest BCUT2D eigenvalue weighted by Crippen LogP contribution is 2.47. The van der Waals surface area contributed by atoms with Gasteiger partial charge >= 0.3 is 0 Å². The number of ether oxygens (including phenoxy) is 1. The number of aldehydes is 1. The Hall–Kier alpha value is -1.31. The van der Waals surface area contributed by atoms with E-state index in [1.165, 1.54) is 0 Å². The van der Waals surface area contributed by atoms with E-state index in [9.17, 15) is 4.79 Å². The van der Waals surface area contributed by atoms with Crippen LogP contribution >= 0.6 is 21.2 Å². The molecule has 0 aliphatic heterocycles. The zero-order valence-corrected chi connectivity index (χ0v) is 15.0. The van der Waals surface area contributed by atoms with Gasteiger partial charge in [-0.2, -0.15) is 0 Å². The maximum atomic E-state index is 11.3. The van der Waals surface area contributed by atoms with Gasteiger partial charge in [0.15, 0.2) is 6.29 Å². The van der Waals surface area contributed by atoms with E-state index in [1.54, 1.807) is 7.11 Å². The second-order valence-electron chi connectivity index (χ2n) is 5.40. The molecule has 2 atom stereocenters. The molecule has 0 N–H and O–H groups in total. The molecule has 0 heterocycles. The van der Waals surface area contributed by atoms with Crippen molar-refractivity contribution in [1.82, 2.24) is 0 Å². The van der Waals surface area contributed by atoms with Gasteiger partial charge in [0.05, 0.1) is 7.11 Å². The van der Waals surface area contributed by atoms with E-state index in [4.69, 9.17) is 4.74 Å². The maximum absolute atomic E-state index is 11.3. The lowest BCUT2D eigenvalue weighted by atomic mass is 9.96. The molecule has 0 saturated carbocycles. The molecule has 0 aromatic heterocycles. The average Bonchev–Trinajstić information content (AvgIpc) is 2.55. The van der Waals surface area contributed by atoms with Gasteiger partial charge in [-0.1, -0.05) is 46.7 Å². The van der Waals surface area contributed by atoms with Crippen molar-refractivity contribution in [3.05, 3.63) is 53.6 Å². The number of carbonyl (C=O) groups excluding carboxylic acids is 1. The number of methoxy groups -OCH3 is 1. The van der Waals surface area contributed by atoms with Crippen LogP contribution in [0.1, 0.15) is 36.2 Å². The molecule has 0 amide bonds. The molecule has 2 rings (SSSR count). The van der Waals surface area contributed by atoms with Crippen molar-refractivity contribution >= 4 is 32.8 Å². The van der Waals surface area contributed by atoms with E-state index in [0.717, 1.165) is 39.8 Å². The first-order valence-corrected chi connectivity index (χ1v) is 8.68. The molecule has 2 unspecified atom stereocenters. The number of thiol groups is 1. The summed E-state index contributed by atoms with van der Waals surface area (Å²) in [5, 5.41) is 0.997. The molecule has 0 bridgehead atoms. The second-order valence-corrected chi connectivity index (χ2v) is 7.81. The maximum Gasteiger partial charge on any atom is 0.150 e. The highest BCUT2D eigenvalue weighted by atomic mass is 32.1. The molecule has 22 heavy (non-hydrogen) atoms. The summed E-state index contributed by atoms with van der Waals surface area (Å²) in [6.45, 7) is 4.39. The van der Waals surface area contributed by atoms with Gasteiger partial charge in [0.2, 0.25) is 0 Å². The molecule has 0 spiro atoms. The SMILES string of the molecule is CCC(C)(Pc1ccccc1C=O)c1cc(S)ccc1OC. The van der Waals surface area contributed by atoms with E-state index in [1.807, 2.05) is 36.4 Å². The van der Waals surface area contributed by atoms with Gasteiger partial charge in [-0.15, -0.1) is 12.6 Å². The summed E-state index contributed by atoms with van der Waals surface area (Å²) >= 11 is 4.47. The first kappa shape index (κ1) is 17.1. The molecule has 0 saturated heterocycles. The first-order chi connectivity index (χ1) is 10.5. The number of rotatable bonds is 6. The Kier molecular flexibility index (Phi) is 5.66. The quantitative estimate of drug-likeness (QED) is 0.481. The molecule has 0 fully saturated rings. The normalized spacial score (nSPS) is 14.0. The summed E-state index contributed by atoms with van der Waals surface area (Å²) < 4.78 is 5.54. The largest absolute Gasteiger partial charge is 0.496 e. The highest BCUT2D eigenvalue weighted by Gasteiger charge is 2.29. The van der Waals surface area contributed by atoms with Crippen molar-refractivity contribution < 1.29 is 9.53 Å². The monoisotopic (exact) mass is 332 g/mol. The van der Waals surface area contributed by atoms with E-state index in [0.29, 0.717) is 8.58 Å². The van der Waals surface area contributed by atoms with Crippen molar-refractivity contribution in [2.75, 3.05) is 7.11 Å². The summed E-state index contributed by atoms with van der Waals surface area (Å²) in [4.78, 5) is 12.2. The fraction of sp³-hybridized carbons (Fsp3) is 0.278. The number of hydrogen-bond acceptors (Lipinski definition) is 3. The van der Waals surface area contributed by atoms with Gasteiger partial charge in [-0.3, -0.25) is 4.79 Å². The van der Waals surface area contributed by atoms with Crippen molar-refractivity contribution in [2.24, 2.45) is 0 Å². The van der Waals surface area contributed by atoms with Crippen molar-refractivity contribution in [1.29, 1.82) is 0 Å². The van der Waals surface area contributed by atoms with Gasteiger partial charge in [0, 0.05) is 21.2 Å². The Balaban J connectivity index is 2.49. The van der Waals surface area contributed by atoms with Crippen molar-refractivity contribution in [2.45, 2.75) is 30.3 Å². The third kappa shape index (κ3) is 3.53. The van der Waals surface area contributed by atoms with Crippen LogP contribution in [0.2, 0.25) is 0 Å². The zero-order chi connectivity index (χ0) is 16.2. The third-order valence-electron chi connectivity index (χ3n) is 3.98. The molecular formula is C18H21O2PS. The number of hydrogen-bond donors (Lipinski definition) is 1. The Morgan fingerprint density at radius 3 is 2.64 bits per heavy atom. The molecular weight excluding hydrogens is 311 g/mol. The van der Waals surface area contributed by atoms with Crippen LogP contribution in [0.15, 0.2) is 47.4 Å². The third-order valence-corrected chi connectivity index (χ3v) is 6.16. The summed E-state index contributed by atoms with van der Waals surface area (Å²) in [6, 6.07) is 13.8. The molecule has 0 radical (unpaired) electrons. The predicted molar refractivity (Wildman–Crippen MR) is 97.7 cm³/mol. The van der Waals surface area contributed by atoms with Crippen LogP contribution < -0.4 is 10.0 Å². The molecule has 116 valence electrons. The van der Waals surface area contributed by atoms with Crippen LogP contribution in [0.5, 0.6) is 5.75 Å². The van der Waals surface area contributed by atoms with Crippen LogP contribution in [0.4, 0.5) is 0 Å². The molecule has 0 aliphatic rings. The minimum atomic E-state index is -0.0941. The lowest BCUT2D eigenvalue weighted by Crippen LogP contribution is -2.20. The number of benzene rings is 2. The molecule has 2 aromatic rings. The van der Waals surface area contributed by atoms with Crippen molar-refractivity contribution in [3.63, 3.8) is 0 Å². The Morgan fingerprint density at radius 2 is 2.00 bits per heavy atom. The first-order valence-electron chi connectivity index (χ1n) is 7.24. The van der Waals surface area contributed by atoms with E-state index >= 15 is 0 Å². The van der Waals surface area contributed by atoms with E-state index < -0.39 is 0 Å². The lowest BCUT2D eigenvalue weighted by molar-refractivity contribution is 0.112. The molecule has 0 aliphatic carbocycles. The molecule has 4 heteroatoms. The second kappa shape index (κ2) is 7.30. The van der Waals surface area contributed by atoms with Crippen LogP contribution in [0.3, 0.4) is 0 Å². The minimum absolute atomic E-state index is 0.0941. The van der Waals surface area contributed by atoms with Crippen LogP contribution in [-0.4, -0.2) is 13.4 Å². The highest BCUT2D eigenvalue weighted by molar-refractivity contribution is 7.80. The van der Waals surface area contributed by atoms with Crippen LogP contribution in [0, 0.1) is 0 Å². The van der Waals surface area contributed by atoms with Gasteiger partial charge in [-0.25, -0.2) is 0 Å². The predicted octanol–water partition coefficient (Wildman–Crippen LogP) is 4.43. The fourth-order valence-electron chi connectivity index (χ4n) is 2.48. The van der Waals surface area contributed by atoms with Crippen LogP contribution in [-0.2, 0) is 5.16 Å². The summed E-state index contributed by atoms with van der Waals surface area (Å²) in [5.41, 5.74) is 1.91. The Bertz CT molecular complexity index is 672. The summed E-state index contributed by atoms with van der Waals surface area (Å²) in [6.07, 6.45) is 1.89. The molecule has 2 nitrogen and oxygen atoms in total. The smallest absolute Gasteiger partial charge is 0.150 e. The standard InChI is InChI=1S/C18H21O2PS/c1-4-18(2,15-11-14(22)9-10-16(15)20-3)21-17-8-6-5-7-13(17)12-19/h5-12,21-22H,4H2,1-3H3. The van der Waals surface area contributed by atoms with Gasteiger partial charge in [0.25, 0.3) is 0 Å². The van der Waals surface area contributed by atoms with Gasteiger partial charge < -0.3 is 4.74 Å². The fourth-order valence-corrected chi connectivity index (χ4v) is 4.26. The Morgan fingerprint density at radius 1 is 1.27 bits per heavy atom. The summed E-state index contributed by atoms with van der Waals surface area (Å²) in [7, 11) is 2.17. The summed E-state index contributed by atoms with van der Waals surface area (Å²) in [5.74, 6) is 0.873. The Labute approximate surface area is 139 Å². The minimum Gasteiger partial charge on any atom is -0.496 e. The zero-order valence-electron chi connectivity index (χ0n) is 13.1. The van der Waals surface area contributed by atoms with E-state index in [-0.39, 0.29) is 5.16 Å². The number of carbonyl (C=O) groups is 1. The van der Waals surface area contributed by atoms with Crippen LogP contribution in [0.25, 0.3) is 0 Å². The topological polar surface area (TPSA) is 26.3 Å². The average molecular weight is 332 g/mol. The van der Waals surface area contributed by atoms with Crippen molar-refractivity contribution in [3.8, 4) is 5.75 Å².